The van der Waals surface area contributed by atoms with Crippen molar-refractivity contribution in [2.24, 2.45) is 11.3 Å². The number of aromatic amines is 1. The zero-order valence-electron chi connectivity index (χ0n) is 24.4. The third kappa shape index (κ3) is 5.50. The van der Waals surface area contributed by atoms with Gasteiger partial charge < -0.3 is 15.2 Å². The van der Waals surface area contributed by atoms with Crippen LogP contribution in [0.1, 0.15) is 108 Å². The first-order chi connectivity index (χ1) is 19.2. The molecule has 3 heterocycles. The summed E-state index contributed by atoms with van der Waals surface area (Å²) in [6.45, 7) is 9.91. The lowest BCUT2D eigenvalue weighted by Crippen LogP contribution is -2.48. The number of nitrogens with zero attached hydrogens (tertiary/aromatic N) is 2. The van der Waals surface area contributed by atoms with E-state index in [9.17, 15) is 14.4 Å². The number of nitrogens with one attached hydrogen (secondary N) is 2. The van der Waals surface area contributed by atoms with Crippen LogP contribution in [-0.4, -0.2) is 53.2 Å². The number of carbonyl (C=O) groups is 3. The SMILES string of the molecule is Cc1c(C(=O)NC(CCC2CC2)C(=O)N2CCc3c(CN4CCCCC4)cccc32)[nH]c2c1C(=O)CC(C)(C)C2. The largest absolute Gasteiger partial charge is 0.354 e. The Hall–Kier alpha value is -2.93. The van der Waals surface area contributed by atoms with Gasteiger partial charge in [-0.15, -0.1) is 0 Å². The van der Waals surface area contributed by atoms with Gasteiger partial charge in [-0.1, -0.05) is 45.2 Å². The number of carbonyl (C=O) groups excluding carboxylic acids is 3. The second-order valence-electron chi connectivity index (χ2n) is 13.5. The van der Waals surface area contributed by atoms with Gasteiger partial charge >= 0.3 is 0 Å². The van der Waals surface area contributed by atoms with Crippen molar-refractivity contribution in [2.45, 2.75) is 97.6 Å². The van der Waals surface area contributed by atoms with E-state index in [1.54, 1.807) is 0 Å². The van der Waals surface area contributed by atoms with Crippen molar-refractivity contribution in [3.63, 3.8) is 0 Å². The zero-order valence-corrected chi connectivity index (χ0v) is 24.4. The van der Waals surface area contributed by atoms with Crippen LogP contribution in [0.25, 0.3) is 0 Å². The van der Waals surface area contributed by atoms with Gasteiger partial charge in [0, 0.05) is 36.5 Å². The van der Waals surface area contributed by atoms with Crippen molar-refractivity contribution in [2.75, 3.05) is 24.5 Å². The molecule has 2 aliphatic heterocycles. The second-order valence-corrected chi connectivity index (χ2v) is 13.5. The van der Waals surface area contributed by atoms with Gasteiger partial charge in [-0.25, -0.2) is 0 Å². The Balaban J connectivity index is 1.21. The number of aromatic nitrogens is 1. The molecule has 1 atom stereocenters. The molecule has 1 aromatic heterocycles. The summed E-state index contributed by atoms with van der Waals surface area (Å²) in [7, 11) is 0. The molecule has 214 valence electrons. The monoisotopic (exact) mass is 544 g/mol. The second kappa shape index (κ2) is 10.8. The van der Waals surface area contributed by atoms with E-state index in [0.717, 1.165) is 50.3 Å². The maximum absolute atomic E-state index is 14.1. The molecule has 1 saturated carbocycles. The van der Waals surface area contributed by atoms with Crippen LogP contribution in [0, 0.1) is 18.3 Å². The van der Waals surface area contributed by atoms with Crippen LogP contribution in [0.2, 0.25) is 0 Å². The minimum absolute atomic E-state index is 0.0194. The maximum atomic E-state index is 14.1. The standard InChI is InChI=1S/C33H44N4O3/c1-21-29-26(18-33(2,3)19-28(29)38)34-30(21)31(39)35-25(13-12-22-10-11-22)32(40)37-17-14-24-23(8-7-9-27(24)37)20-36-15-5-4-6-16-36/h7-9,22,25,34H,4-6,10-20H2,1-3H3,(H,35,39). The molecular formula is C33H44N4O3. The van der Waals surface area contributed by atoms with Gasteiger partial charge in [-0.2, -0.15) is 0 Å². The van der Waals surface area contributed by atoms with Crippen LogP contribution >= 0.6 is 0 Å². The highest BCUT2D eigenvalue weighted by atomic mass is 16.2. The van der Waals surface area contributed by atoms with Crippen molar-refractivity contribution in [3.05, 3.63) is 51.8 Å². The molecule has 4 aliphatic rings. The summed E-state index contributed by atoms with van der Waals surface area (Å²) in [5, 5.41) is 3.11. The number of hydrogen-bond donors (Lipinski definition) is 2. The highest BCUT2D eigenvalue weighted by molar-refractivity contribution is 6.06. The molecule has 7 heteroatoms. The molecule has 0 radical (unpaired) electrons. The summed E-state index contributed by atoms with van der Waals surface area (Å²) in [4.78, 5) is 48.3. The topological polar surface area (TPSA) is 85.5 Å². The number of fused-ring (bicyclic) bond motifs is 2. The number of Topliss-reactive ketones (excluding diaryl/α,β-unsaturated/α-hetero) is 1. The number of amides is 2. The van der Waals surface area contributed by atoms with Crippen molar-refractivity contribution in [3.8, 4) is 0 Å². The van der Waals surface area contributed by atoms with E-state index in [-0.39, 0.29) is 23.0 Å². The fraction of sp³-hybridized carbons (Fsp3) is 0.606. The molecule has 1 aromatic carbocycles. The van der Waals surface area contributed by atoms with Gasteiger partial charge in [0.15, 0.2) is 5.78 Å². The van der Waals surface area contributed by atoms with E-state index in [1.165, 1.54) is 43.2 Å². The summed E-state index contributed by atoms with van der Waals surface area (Å²) in [6, 6.07) is 5.77. The summed E-state index contributed by atoms with van der Waals surface area (Å²) in [5.74, 6) is 0.446. The van der Waals surface area contributed by atoms with E-state index in [4.69, 9.17) is 0 Å². The lowest BCUT2D eigenvalue weighted by Gasteiger charge is -2.28. The summed E-state index contributed by atoms with van der Waals surface area (Å²) in [6.07, 6.45) is 9.91. The Kier molecular flexibility index (Phi) is 7.36. The molecule has 0 bridgehead atoms. The van der Waals surface area contributed by atoms with E-state index < -0.39 is 6.04 Å². The van der Waals surface area contributed by atoms with Gasteiger partial charge in [0.25, 0.3) is 5.91 Å². The Morgan fingerprint density at radius 2 is 1.88 bits per heavy atom. The normalized spacial score (nSPS) is 21.2. The highest BCUT2D eigenvalue weighted by Crippen LogP contribution is 2.38. The first-order valence-electron chi connectivity index (χ1n) is 15.4. The number of hydrogen-bond acceptors (Lipinski definition) is 4. The van der Waals surface area contributed by atoms with Crippen LogP contribution in [-0.2, 0) is 24.2 Å². The number of ketones is 1. The average Bonchev–Trinajstić information content (AvgIpc) is 3.54. The van der Waals surface area contributed by atoms with E-state index >= 15 is 0 Å². The van der Waals surface area contributed by atoms with Crippen molar-refractivity contribution < 1.29 is 14.4 Å². The minimum Gasteiger partial charge on any atom is -0.354 e. The molecule has 40 heavy (non-hydrogen) atoms. The molecular weight excluding hydrogens is 500 g/mol. The molecule has 7 nitrogen and oxygen atoms in total. The van der Waals surface area contributed by atoms with E-state index in [1.807, 2.05) is 11.8 Å². The minimum atomic E-state index is -0.586. The van der Waals surface area contributed by atoms with Gasteiger partial charge in [0.2, 0.25) is 5.91 Å². The predicted octanol–water partition coefficient (Wildman–Crippen LogP) is 5.34. The van der Waals surface area contributed by atoms with Crippen molar-refractivity contribution in [1.82, 2.24) is 15.2 Å². The fourth-order valence-electron chi connectivity index (χ4n) is 7.19. The van der Waals surface area contributed by atoms with Gasteiger partial charge in [0.05, 0.1) is 0 Å². The third-order valence-electron chi connectivity index (χ3n) is 9.53. The van der Waals surface area contributed by atoms with Gasteiger partial charge in [0.1, 0.15) is 11.7 Å². The van der Waals surface area contributed by atoms with E-state index in [0.29, 0.717) is 42.1 Å². The Bertz CT molecular complexity index is 1320. The number of likely N-dealkylation sites (tertiary alicyclic amines) is 1. The van der Waals surface area contributed by atoms with E-state index in [2.05, 4.69) is 47.2 Å². The summed E-state index contributed by atoms with van der Waals surface area (Å²) < 4.78 is 0. The zero-order chi connectivity index (χ0) is 28.0. The smallest absolute Gasteiger partial charge is 0.268 e. The lowest BCUT2D eigenvalue weighted by atomic mass is 9.75. The summed E-state index contributed by atoms with van der Waals surface area (Å²) >= 11 is 0. The van der Waals surface area contributed by atoms with Crippen LogP contribution in [0.3, 0.4) is 0 Å². The first-order valence-corrected chi connectivity index (χ1v) is 15.4. The summed E-state index contributed by atoms with van der Waals surface area (Å²) in [5.41, 5.74) is 6.12. The molecule has 0 spiro atoms. The maximum Gasteiger partial charge on any atom is 0.268 e. The Morgan fingerprint density at radius 3 is 2.62 bits per heavy atom. The molecule has 2 aromatic rings. The number of anilines is 1. The van der Waals surface area contributed by atoms with Crippen molar-refractivity contribution in [1.29, 1.82) is 0 Å². The molecule has 2 aliphatic carbocycles. The molecule has 2 fully saturated rings. The van der Waals surface area contributed by atoms with Crippen LogP contribution in [0.15, 0.2) is 18.2 Å². The number of piperidine rings is 1. The first kappa shape index (κ1) is 27.3. The molecule has 6 rings (SSSR count). The van der Waals surface area contributed by atoms with Crippen LogP contribution < -0.4 is 10.2 Å². The van der Waals surface area contributed by atoms with Gasteiger partial charge in [-0.05, 0) is 92.6 Å². The molecule has 1 saturated heterocycles. The third-order valence-corrected chi connectivity index (χ3v) is 9.53. The molecule has 1 unspecified atom stereocenters. The average molecular weight is 545 g/mol. The molecule has 2 N–H and O–H groups in total. The Morgan fingerprint density at radius 1 is 1.10 bits per heavy atom. The number of benzene rings is 1. The number of rotatable bonds is 8. The van der Waals surface area contributed by atoms with Crippen LogP contribution in [0.4, 0.5) is 5.69 Å². The number of H-pyrrole nitrogens is 1. The molecule has 2 amide bonds. The fourth-order valence-corrected chi connectivity index (χ4v) is 7.19. The van der Waals surface area contributed by atoms with Gasteiger partial charge in [-0.3, -0.25) is 19.3 Å². The van der Waals surface area contributed by atoms with Crippen LogP contribution in [0.5, 0.6) is 0 Å². The quantitative estimate of drug-likeness (QED) is 0.470. The van der Waals surface area contributed by atoms with Crippen molar-refractivity contribution >= 4 is 23.3 Å². The Labute approximate surface area is 238 Å². The predicted molar refractivity (Wildman–Crippen MR) is 157 cm³/mol. The lowest BCUT2D eigenvalue weighted by molar-refractivity contribution is -0.120. The highest BCUT2D eigenvalue weighted by Gasteiger charge is 2.37.